The van der Waals surface area contributed by atoms with E-state index in [1.165, 1.54) is 10.9 Å². The molecular weight excluding hydrogens is 362 g/mol. The summed E-state index contributed by atoms with van der Waals surface area (Å²) in [6.07, 6.45) is 4.81. The first kappa shape index (κ1) is 18.0. The molecule has 0 aliphatic carbocycles. The van der Waals surface area contributed by atoms with Gasteiger partial charge in [-0.15, -0.1) is 0 Å². The fraction of sp³-hybridized carbons (Fsp3) is 0.333. The van der Waals surface area contributed by atoms with Crippen LogP contribution in [0.3, 0.4) is 0 Å². The average molecular weight is 387 g/mol. The number of nitrogens with zero attached hydrogens (tertiary/aromatic N) is 2. The fourth-order valence-corrected chi connectivity index (χ4v) is 4.75. The first-order chi connectivity index (χ1) is 14.2. The normalized spacial score (nSPS) is 18.3. The van der Waals surface area contributed by atoms with E-state index in [9.17, 15) is 9.59 Å². The van der Waals surface area contributed by atoms with E-state index in [4.69, 9.17) is 0 Å². The van der Waals surface area contributed by atoms with Crippen molar-refractivity contribution in [3.05, 3.63) is 66.4 Å². The summed E-state index contributed by atoms with van der Waals surface area (Å²) in [4.78, 5) is 32.7. The molecule has 2 aliphatic heterocycles. The van der Waals surface area contributed by atoms with Crippen LogP contribution in [-0.4, -0.2) is 41.3 Å². The Bertz CT molecular complexity index is 1050. The lowest BCUT2D eigenvalue weighted by Crippen LogP contribution is -2.65. The smallest absolute Gasteiger partial charge is 0.235 e. The molecule has 0 bridgehead atoms. The van der Waals surface area contributed by atoms with Crippen LogP contribution in [0.4, 0.5) is 5.69 Å². The Morgan fingerprint density at radius 1 is 1.00 bits per heavy atom. The van der Waals surface area contributed by atoms with E-state index in [1.807, 2.05) is 58.5 Å². The number of carbonyl (C=O) groups excluding carboxylic acids is 2. The number of amides is 2. The quantitative estimate of drug-likeness (QED) is 0.693. The van der Waals surface area contributed by atoms with Gasteiger partial charge in [0.2, 0.25) is 11.8 Å². The maximum absolute atomic E-state index is 12.8. The highest BCUT2D eigenvalue weighted by Gasteiger charge is 2.53. The summed E-state index contributed by atoms with van der Waals surface area (Å²) in [6, 6.07) is 18.0. The molecule has 2 fully saturated rings. The predicted octanol–water partition coefficient (Wildman–Crippen LogP) is 3.76. The van der Waals surface area contributed by atoms with Gasteiger partial charge in [-0.25, -0.2) is 0 Å². The highest BCUT2D eigenvalue weighted by atomic mass is 16.2. The monoisotopic (exact) mass is 387 g/mol. The van der Waals surface area contributed by atoms with Crippen LogP contribution < -0.4 is 4.90 Å². The molecule has 0 atom stereocenters. The number of likely N-dealkylation sites (tertiary alicyclic amines) is 1. The number of carbonyl (C=O) groups is 2. The first-order valence-electron chi connectivity index (χ1n) is 10.4. The van der Waals surface area contributed by atoms with Crippen molar-refractivity contribution in [1.82, 2.24) is 9.88 Å². The van der Waals surface area contributed by atoms with Crippen LogP contribution >= 0.6 is 0 Å². The number of fused-ring (bicyclic) bond motifs is 1. The zero-order valence-electron chi connectivity index (χ0n) is 16.4. The lowest BCUT2D eigenvalue weighted by atomic mass is 9.70. The molecule has 0 saturated carbocycles. The zero-order chi connectivity index (χ0) is 19.8. The molecule has 1 spiro atoms. The van der Waals surface area contributed by atoms with E-state index >= 15 is 0 Å². The van der Waals surface area contributed by atoms with Gasteiger partial charge >= 0.3 is 0 Å². The summed E-state index contributed by atoms with van der Waals surface area (Å²) in [6.45, 7) is 2.13. The summed E-state index contributed by atoms with van der Waals surface area (Å²) in [7, 11) is 0. The van der Waals surface area contributed by atoms with Gasteiger partial charge in [-0.3, -0.25) is 9.59 Å². The van der Waals surface area contributed by atoms with Gasteiger partial charge in [-0.05, 0) is 43.0 Å². The number of aromatic amines is 1. The number of H-pyrrole nitrogens is 1. The molecule has 5 rings (SSSR count). The maximum Gasteiger partial charge on any atom is 0.235 e. The number of anilines is 1. The molecule has 2 amide bonds. The lowest BCUT2D eigenvalue weighted by Gasteiger charge is -2.52. The maximum atomic E-state index is 12.8. The Hall–Kier alpha value is -3.08. The third-order valence-electron chi connectivity index (χ3n) is 6.58. The fourth-order valence-electron chi connectivity index (χ4n) is 4.75. The predicted molar refractivity (Wildman–Crippen MR) is 114 cm³/mol. The number of rotatable bonds is 4. The molecular formula is C24H25N3O2. The van der Waals surface area contributed by atoms with Crippen LogP contribution in [0, 0.1) is 5.41 Å². The Labute approximate surface area is 170 Å². The Kier molecular flexibility index (Phi) is 4.38. The topological polar surface area (TPSA) is 56.4 Å². The molecule has 148 valence electrons. The van der Waals surface area contributed by atoms with Gasteiger partial charge < -0.3 is 14.8 Å². The summed E-state index contributed by atoms with van der Waals surface area (Å²) in [5.74, 6) is 0.409. The lowest BCUT2D eigenvalue weighted by molar-refractivity contribution is -0.144. The largest absolute Gasteiger partial charge is 0.361 e. The van der Waals surface area contributed by atoms with Crippen molar-refractivity contribution in [2.45, 2.75) is 25.7 Å². The number of nitrogens with one attached hydrogen (secondary N) is 1. The molecule has 3 heterocycles. The van der Waals surface area contributed by atoms with Crippen LogP contribution in [0.2, 0.25) is 0 Å². The number of aromatic nitrogens is 1. The van der Waals surface area contributed by atoms with E-state index in [2.05, 4.69) is 17.1 Å². The number of para-hydroxylation sites is 2. The highest BCUT2D eigenvalue weighted by Crippen LogP contribution is 2.43. The molecule has 1 N–H and O–H groups in total. The zero-order valence-corrected chi connectivity index (χ0v) is 16.4. The van der Waals surface area contributed by atoms with Gasteiger partial charge in [-0.1, -0.05) is 36.4 Å². The SMILES string of the molecule is O=C(CCc1c[nH]c2ccccc12)N1CCC2(CC1)CN(c1ccccc1)C2=O. The molecule has 5 nitrogen and oxygen atoms in total. The Morgan fingerprint density at radius 2 is 1.72 bits per heavy atom. The van der Waals surface area contributed by atoms with Crippen molar-refractivity contribution < 1.29 is 9.59 Å². The van der Waals surface area contributed by atoms with Crippen LogP contribution in [0.5, 0.6) is 0 Å². The van der Waals surface area contributed by atoms with Crippen molar-refractivity contribution >= 4 is 28.4 Å². The van der Waals surface area contributed by atoms with Gasteiger partial charge in [0, 0.05) is 48.8 Å². The minimum Gasteiger partial charge on any atom is -0.361 e. The minimum absolute atomic E-state index is 0.191. The first-order valence-corrected chi connectivity index (χ1v) is 10.4. The third-order valence-corrected chi connectivity index (χ3v) is 6.58. The molecule has 2 saturated heterocycles. The van der Waals surface area contributed by atoms with E-state index in [1.54, 1.807) is 0 Å². The van der Waals surface area contributed by atoms with Crippen LogP contribution in [0.25, 0.3) is 10.9 Å². The molecule has 29 heavy (non-hydrogen) atoms. The highest BCUT2D eigenvalue weighted by molar-refractivity contribution is 6.04. The van der Waals surface area contributed by atoms with Crippen molar-refractivity contribution in [1.29, 1.82) is 0 Å². The summed E-state index contributed by atoms with van der Waals surface area (Å²) in [5, 5.41) is 1.19. The van der Waals surface area contributed by atoms with Gasteiger partial charge in [0.15, 0.2) is 0 Å². The second kappa shape index (κ2) is 7.07. The number of β-lactam (4-membered cyclic amide) rings is 1. The van der Waals surface area contributed by atoms with E-state index in [0.717, 1.165) is 37.0 Å². The van der Waals surface area contributed by atoms with Crippen LogP contribution in [0.1, 0.15) is 24.8 Å². The minimum atomic E-state index is -0.260. The summed E-state index contributed by atoms with van der Waals surface area (Å²) >= 11 is 0. The standard InChI is InChI=1S/C24H25N3O2/c28-22(11-10-18-16-25-21-9-5-4-8-20(18)21)26-14-12-24(13-15-26)17-27(23(24)29)19-6-2-1-3-7-19/h1-9,16,25H,10-15,17H2. The van der Waals surface area contributed by atoms with Crippen molar-refractivity contribution in [3.63, 3.8) is 0 Å². The molecule has 0 radical (unpaired) electrons. The number of aryl methyl sites for hydroxylation is 1. The van der Waals surface area contributed by atoms with E-state index in [-0.39, 0.29) is 17.2 Å². The number of hydrogen-bond donors (Lipinski definition) is 1. The van der Waals surface area contributed by atoms with Gasteiger partial charge in [0.25, 0.3) is 0 Å². The van der Waals surface area contributed by atoms with Crippen molar-refractivity contribution in [2.24, 2.45) is 5.41 Å². The van der Waals surface area contributed by atoms with Crippen LogP contribution in [0.15, 0.2) is 60.8 Å². The Morgan fingerprint density at radius 3 is 2.48 bits per heavy atom. The van der Waals surface area contributed by atoms with Gasteiger partial charge in [-0.2, -0.15) is 0 Å². The number of benzene rings is 2. The number of hydrogen-bond acceptors (Lipinski definition) is 2. The molecule has 1 aromatic heterocycles. The molecule has 5 heteroatoms. The van der Waals surface area contributed by atoms with E-state index < -0.39 is 0 Å². The second-order valence-corrected chi connectivity index (χ2v) is 8.25. The summed E-state index contributed by atoms with van der Waals surface area (Å²) in [5.41, 5.74) is 3.01. The van der Waals surface area contributed by atoms with Crippen LogP contribution in [-0.2, 0) is 16.0 Å². The average Bonchev–Trinajstić information content (AvgIpc) is 3.19. The van der Waals surface area contributed by atoms with Crippen molar-refractivity contribution in [2.75, 3.05) is 24.5 Å². The number of piperidine rings is 1. The van der Waals surface area contributed by atoms with E-state index in [0.29, 0.717) is 19.5 Å². The molecule has 0 unspecified atom stereocenters. The molecule has 3 aromatic rings. The second-order valence-electron chi connectivity index (χ2n) is 8.25. The summed E-state index contributed by atoms with van der Waals surface area (Å²) < 4.78 is 0. The van der Waals surface area contributed by atoms with Crippen molar-refractivity contribution in [3.8, 4) is 0 Å². The third kappa shape index (κ3) is 3.11. The molecule has 2 aliphatic rings. The Balaban J connectivity index is 1.16. The van der Waals surface area contributed by atoms with Gasteiger partial charge in [0.1, 0.15) is 0 Å². The van der Waals surface area contributed by atoms with Gasteiger partial charge in [0.05, 0.1) is 5.41 Å². The molecule has 2 aromatic carbocycles.